The van der Waals surface area contributed by atoms with E-state index in [9.17, 15) is 0 Å². The molecule has 3 aliphatic rings. The molecule has 1 N–H and O–H groups in total. The van der Waals surface area contributed by atoms with Crippen molar-refractivity contribution in [1.29, 1.82) is 0 Å². The number of likely N-dealkylation sites (tertiary alicyclic amines) is 1. The van der Waals surface area contributed by atoms with E-state index in [0.717, 1.165) is 17.9 Å². The Morgan fingerprint density at radius 2 is 1.72 bits per heavy atom. The first-order valence-electron chi connectivity index (χ1n) is 8.36. The minimum Gasteiger partial charge on any atom is -0.314 e. The summed E-state index contributed by atoms with van der Waals surface area (Å²) in [4.78, 5) is 2.73. The third-order valence-electron chi connectivity index (χ3n) is 5.22. The van der Waals surface area contributed by atoms with E-state index in [4.69, 9.17) is 0 Å². The van der Waals surface area contributed by atoms with Crippen LogP contribution in [0.25, 0.3) is 0 Å². The third-order valence-corrected chi connectivity index (χ3v) is 5.22. The van der Waals surface area contributed by atoms with Gasteiger partial charge in [0.05, 0.1) is 0 Å². The molecule has 0 amide bonds. The van der Waals surface area contributed by atoms with Gasteiger partial charge in [-0.3, -0.25) is 0 Å². The van der Waals surface area contributed by atoms with Crippen LogP contribution < -0.4 is 5.32 Å². The first-order valence-corrected chi connectivity index (χ1v) is 8.36. The van der Waals surface area contributed by atoms with Gasteiger partial charge in [0.1, 0.15) is 0 Å². The number of nitrogens with one attached hydrogen (secondary N) is 1. The summed E-state index contributed by atoms with van der Waals surface area (Å²) in [6.07, 6.45) is 13.3. The van der Waals surface area contributed by atoms with Crippen LogP contribution in [0.5, 0.6) is 0 Å². The van der Waals surface area contributed by atoms with E-state index >= 15 is 0 Å². The molecule has 2 heteroatoms. The van der Waals surface area contributed by atoms with E-state index in [1.807, 2.05) is 0 Å². The molecule has 1 aliphatic heterocycles. The molecule has 0 bridgehead atoms. The standard InChI is InChI=1S/C16H30N2/c1-2-4-14(5-3-1)8-10-18-11-9-15(13-18)12-17-16-6-7-16/h14-17H,1-13H2. The zero-order chi connectivity index (χ0) is 12.2. The van der Waals surface area contributed by atoms with Crippen molar-refractivity contribution >= 4 is 0 Å². The van der Waals surface area contributed by atoms with Crippen molar-refractivity contribution < 1.29 is 0 Å². The Hall–Kier alpha value is -0.0800. The number of hydrogen-bond acceptors (Lipinski definition) is 2. The smallest absolute Gasteiger partial charge is 0.00683 e. The lowest BCUT2D eigenvalue weighted by Gasteiger charge is -2.24. The van der Waals surface area contributed by atoms with Crippen molar-refractivity contribution in [2.75, 3.05) is 26.2 Å². The molecule has 2 aliphatic carbocycles. The van der Waals surface area contributed by atoms with Crippen molar-refractivity contribution in [1.82, 2.24) is 10.2 Å². The molecule has 18 heavy (non-hydrogen) atoms. The highest BCUT2D eigenvalue weighted by atomic mass is 15.1. The maximum Gasteiger partial charge on any atom is 0.00683 e. The third kappa shape index (κ3) is 3.96. The highest BCUT2D eigenvalue weighted by molar-refractivity contribution is 4.84. The SMILES string of the molecule is C1CCC(CCN2CCC(CNC3CC3)C2)CC1. The maximum absolute atomic E-state index is 3.70. The Morgan fingerprint density at radius 1 is 0.889 bits per heavy atom. The Kier molecular flexibility index (Phi) is 4.58. The molecule has 1 saturated heterocycles. The van der Waals surface area contributed by atoms with Crippen LogP contribution >= 0.6 is 0 Å². The second-order valence-corrected chi connectivity index (χ2v) is 6.93. The lowest BCUT2D eigenvalue weighted by molar-refractivity contribution is 0.259. The Morgan fingerprint density at radius 3 is 2.50 bits per heavy atom. The van der Waals surface area contributed by atoms with E-state index in [-0.39, 0.29) is 0 Å². The van der Waals surface area contributed by atoms with Crippen LogP contribution in [0, 0.1) is 11.8 Å². The van der Waals surface area contributed by atoms with Crippen molar-refractivity contribution in [3.05, 3.63) is 0 Å². The van der Waals surface area contributed by atoms with E-state index < -0.39 is 0 Å². The maximum atomic E-state index is 3.70. The molecule has 2 saturated carbocycles. The largest absolute Gasteiger partial charge is 0.314 e. The van der Waals surface area contributed by atoms with Gasteiger partial charge in [0.2, 0.25) is 0 Å². The summed E-state index contributed by atoms with van der Waals surface area (Å²) >= 11 is 0. The average Bonchev–Trinajstić information content (AvgIpc) is 3.14. The van der Waals surface area contributed by atoms with Gasteiger partial charge in [-0.1, -0.05) is 32.1 Å². The zero-order valence-electron chi connectivity index (χ0n) is 11.9. The first kappa shape index (κ1) is 12.9. The lowest BCUT2D eigenvalue weighted by Crippen LogP contribution is -2.28. The molecule has 0 aromatic rings. The normalized spacial score (nSPS) is 31.0. The van der Waals surface area contributed by atoms with Crippen molar-refractivity contribution in [3.63, 3.8) is 0 Å². The Balaban J connectivity index is 1.29. The van der Waals surface area contributed by atoms with Gasteiger partial charge in [0.25, 0.3) is 0 Å². The molecule has 104 valence electrons. The second kappa shape index (κ2) is 6.38. The number of nitrogens with zero attached hydrogens (tertiary/aromatic N) is 1. The molecule has 1 unspecified atom stereocenters. The fourth-order valence-corrected chi connectivity index (χ4v) is 3.74. The first-order chi connectivity index (χ1) is 8.90. The summed E-state index contributed by atoms with van der Waals surface area (Å²) in [5, 5.41) is 3.70. The molecular weight excluding hydrogens is 220 g/mol. The summed E-state index contributed by atoms with van der Waals surface area (Å²) in [6, 6.07) is 0.890. The molecule has 1 atom stereocenters. The van der Waals surface area contributed by atoms with Crippen LogP contribution in [0.15, 0.2) is 0 Å². The van der Waals surface area contributed by atoms with Crippen LogP contribution in [0.3, 0.4) is 0 Å². The predicted molar refractivity (Wildman–Crippen MR) is 76.8 cm³/mol. The highest BCUT2D eigenvalue weighted by Crippen LogP contribution is 2.27. The summed E-state index contributed by atoms with van der Waals surface area (Å²) in [7, 11) is 0. The Bertz CT molecular complexity index is 243. The molecular formula is C16H30N2. The number of rotatable bonds is 6. The Labute approximate surface area is 113 Å². The minimum absolute atomic E-state index is 0.890. The summed E-state index contributed by atoms with van der Waals surface area (Å²) in [6.45, 7) is 5.39. The molecule has 3 rings (SSSR count). The lowest BCUT2D eigenvalue weighted by atomic mass is 9.87. The van der Waals surface area contributed by atoms with Crippen molar-refractivity contribution in [2.45, 2.75) is 63.8 Å². The van der Waals surface area contributed by atoms with Gasteiger partial charge in [-0.05, 0) is 57.2 Å². The van der Waals surface area contributed by atoms with Gasteiger partial charge in [-0.15, -0.1) is 0 Å². The van der Waals surface area contributed by atoms with Gasteiger partial charge in [-0.2, -0.15) is 0 Å². The van der Waals surface area contributed by atoms with Gasteiger partial charge in [0.15, 0.2) is 0 Å². The van der Waals surface area contributed by atoms with E-state index in [1.165, 1.54) is 84.0 Å². The van der Waals surface area contributed by atoms with Gasteiger partial charge in [-0.25, -0.2) is 0 Å². The van der Waals surface area contributed by atoms with E-state index in [1.54, 1.807) is 0 Å². The predicted octanol–water partition coefficient (Wildman–Crippen LogP) is 3.03. The van der Waals surface area contributed by atoms with Gasteiger partial charge in [0, 0.05) is 12.6 Å². The topological polar surface area (TPSA) is 15.3 Å². The fourth-order valence-electron chi connectivity index (χ4n) is 3.74. The van der Waals surface area contributed by atoms with Crippen LogP contribution in [-0.2, 0) is 0 Å². The average molecular weight is 250 g/mol. The summed E-state index contributed by atoms with van der Waals surface area (Å²) < 4.78 is 0. The molecule has 1 heterocycles. The molecule has 3 fully saturated rings. The van der Waals surface area contributed by atoms with Gasteiger partial charge < -0.3 is 10.2 Å². The molecule has 0 aromatic carbocycles. The number of hydrogen-bond donors (Lipinski definition) is 1. The second-order valence-electron chi connectivity index (χ2n) is 6.93. The van der Waals surface area contributed by atoms with Crippen LogP contribution in [0.4, 0.5) is 0 Å². The highest BCUT2D eigenvalue weighted by Gasteiger charge is 2.26. The molecule has 0 aromatic heterocycles. The van der Waals surface area contributed by atoms with Gasteiger partial charge >= 0.3 is 0 Å². The molecule has 2 nitrogen and oxygen atoms in total. The quantitative estimate of drug-likeness (QED) is 0.779. The molecule has 0 radical (unpaired) electrons. The van der Waals surface area contributed by atoms with Crippen molar-refractivity contribution in [3.8, 4) is 0 Å². The fraction of sp³-hybridized carbons (Fsp3) is 1.00. The van der Waals surface area contributed by atoms with Crippen LogP contribution in [0.2, 0.25) is 0 Å². The van der Waals surface area contributed by atoms with Crippen LogP contribution in [0.1, 0.15) is 57.8 Å². The zero-order valence-corrected chi connectivity index (χ0v) is 11.9. The summed E-state index contributed by atoms with van der Waals surface area (Å²) in [5.74, 6) is 2.00. The van der Waals surface area contributed by atoms with Crippen molar-refractivity contribution in [2.24, 2.45) is 11.8 Å². The van der Waals surface area contributed by atoms with E-state index in [2.05, 4.69) is 10.2 Å². The van der Waals surface area contributed by atoms with Crippen LogP contribution in [-0.4, -0.2) is 37.1 Å². The molecule has 0 spiro atoms. The van der Waals surface area contributed by atoms with E-state index in [0.29, 0.717) is 0 Å². The summed E-state index contributed by atoms with van der Waals surface area (Å²) in [5.41, 5.74) is 0. The minimum atomic E-state index is 0.890. The monoisotopic (exact) mass is 250 g/mol.